The van der Waals surface area contributed by atoms with E-state index in [4.69, 9.17) is 9.47 Å². The standard InChI is InChI=1S/C24H19BrN2O6S/c25-16-6-8-17(9-7-16)26-23(28)13-27-18-3-1-2-4-21(18)34(30,31)22(12-24(27)29)15-5-10-19-20(11-15)33-14-32-19/h1-11,22H,12-14H2,(H,26,28). The van der Waals surface area contributed by atoms with Gasteiger partial charge in [-0.3, -0.25) is 9.59 Å². The first kappa shape index (κ1) is 22.4. The Morgan fingerprint density at radius 3 is 2.56 bits per heavy atom. The molecule has 3 aromatic carbocycles. The van der Waals surface area contributed by atoms with Crippen LogP contribution in [0.15, 0.2) is 76.1 Å². The Balaban J connectivity index is 1.49. The van der Waals surface area contributed by atoms with Gasteiger partial charge in [0.25, 0.3) is 0 Å². The van der Waals surface area contributed by atoms with Crippen LogP contribution in [0.3, 0.4) is 0 Å². The van der Waals surface area contributed by atoms with Crippen molar-refractivity contribution in [3.63, 3.8) is 0 Å². The number of carbonyl (C=O) groups is 2. The third-order valence-electron chi connectivity index (χ3n) is 5.70. The average Bonchev–Trinajstić information content (AvgIpc) is 3.27. The van der Waals surface area contributed by atoms with E-state index in [2.05, 4.69) is 21.2 Å². The van der Waals surface area contributed by atoms with Gasteiger partial charge in [-0.2, -0.15) is 0 Å². The fraction of sp³-hybridized carbons (Fsp3) is 0.167. The zero-order valence-electron chi connectivity index (χ0n) is 17.7. The number of para-hydroxylation sites is 1. The number of amides is 2. The molecule has 2 amide bonds. The van der Waals surface area contributed by atoms with Gasteiger partial charge in [0.05, 0.1) is 15.8 Å². The van der Waals surface area contributed by atoms with Crippen LogP contribution in [0.2, 0.25) is 0 Å². The molecular formula is C24H19BrN2O6S. The van der Waals surface area contributed by atoms with Gasteiger partial charge < -0.3 is 19.7 Å². The summed E-state index contributed by atoms with van der Waals surface area (Å²) in [6, 6.07) is 18.1. The topological polar surface area (TPSA) is 102 Å². The van der Waals surface area contributed by atoms with Crippen LogP contribution < -0.4 is 19.7 Å². The Labute approximate surface area is 204 Å². The van der Waals surface area contributed by atoms with Crippen LogP contribution in [0, 0.1) is 0 Å². The van der Waals surface area contributed by atoms with Crippen molar-refractivity contribution in [1.29, 1.82) is 0 Å². The molecule has 1 N–H and O–H groups in total. The Bertz CT molecular complexity index is 1390. The van der Waals surface area contributed by atoms with Crippen molar-refractivity contribution in [3.05, 3.63) is 76.8 Å². The van der Waals surface area contributed by atoms with Gasteiger partial charge in [0.1, 0.15) is 6.54 Å². The molecule has 10 heteroatoms. The molecule has 0 aliphatic carbocycles. The maximum absolute atomic E-state index is 13.7. The number of ether oxygens (including phenoxy) is 2. The van der Waals surface area contributed by atoms with Crippen LogP contribution in [0.5, 0.6) is 11.5 Å². The molecule has 2 aliphatic rings. The third-order valence-corrected chi connectivity index (χ3v) is 8.37. The fourth-order valence-electron chi connectivity index (χ4n) is 4.05. The SMILES string of the molecule is O=C(CN1C(=O)CC(c2ccc3c(c2)OCO3)S(=O)(=O)c2ccccc21)Nc1ccc(Br)cc1. The Morgan fingerprint density at radius 2 is 1.76 bits per heavy atom. The molecule has 5 rings (SSSR count). The molecule has 1 unspecified atom stereocenters. The maximum atomic E-state index is 13.7. The van der Waals surface area contributed by atoms with Gasteiger partial charge in [-0.25, -0.2) is 8.42 Å². The van der Waals surface area contributed by atoms with Gasteiger partial charge in [0.15, 0.2) is 21.3 Å². The van der Waals surface area contributed by atoms with Crippen molar-refractivity contribution in [2.45, 2.75) is 16.6 Å². The molecule has 8 nitrogen and oxygen atoms in total. The number of sulfone groups is 1. The summed E-state index contributed by atoms with van der Waals surface area (Å²) in [5.74, 6) is 0.0442. The van der Waals surface area contributed by atoms with Crippen molar-refractivity contribution in [2.75, 3.05) is 23.6 Å². The molecular weight excluding hydrogens is 524 g/mol. The van der Waals surface area contributed by atoms with Crippen molar-refractivity contribution < 1.29 is 27.5 Å². The molecule has 0 saturated carbocycles. The van der Waals surface area contributed by atoms with Gasteiger partial charge in [-0.1, -0.05) is 34.1 Å². The summed E-state index contributed by atoms with van der Waals surface area (Å²) in [6.07, 6.45) is -0.317. The molecule has 0 bridgehead atoms. The summed E-state index contributed by atoms with van der Waals surface area (Å²) >= 11 is 3.34. The highest BCUT2D eigenvalue weighted by Gasteiger charge is 2.40. The van der Waals surface area contributed by atoms with Gasteiger partial charge in [-0.05, 0) is 54.1 Å². The number of fused-ring (bicyclic) bond motifs is 2. The predicted molar refractivity (Wildman–Crippen MR) is 129 cm³/mol. The minimum absolute atomic E-state index is 0.0000384. The number of halogens is 1. The molecule has 1 atom stereocenters. The number of rotatable bonds is 4. The smallest absolute Gasteiger partial charge is 0.244 e. The minimum atomic E-state index is -3.95. The maximum Gasteiger partial charge on any atom is 0.244 e. The summed E-state index contributed by atoms with van der Waals surface area (Å²) < 4.78 is 38.9. The van der Waals surface area contributed by atoms with Gasteiger partial charge in [-0.15, -0.1) is 0 Å². The van der Waals surface area contributed by atoms with Crippen LogP contribution in [-0.4, -0.2) is 33.6 Å². The number of nitrogens with one attached hydrogen (secondary N) is 1. The predicted octanol–water partition coefficient (Wildman–Crippen LogP) is 4.07. The van der Waals surface area contributed by atoms with E-state index in [0.717, 1.165) is 4.47 Å². The second-order valence-electron chi connectivity index (χ2n) is 7.85. The normalized spacial score (nSPS) is 18.2. The summed E-state index contributed by atoms with van der Waals surface area (Å²) in [4.78, 5) is 27.3. The van der Waals surface area contributed by atoms with E-state index in [1.54, 1.807) is 60.7 Å². The van der Waals surface area contributed by atoms with Crippen molar-refractivity contribution in [2.24, 2.45) is 0 Å². The summed E-state index contributed by atoms with van der Waals surface area (Å²) in [5, 5.41) is 1.62. The fourth-order valence-corrected chi connectivity index (χ4v) is 6.22. The first-order valence-corrected chi connectivity index (χ1v) is 12.7. The quantitative estimate of drug-likeness (QED) is 0.533. The van der Waals surface area contributed by atoms with Crippen LogP contribution >= 0.6 is 15.9 Å². The number of carbonyl (C=O) groups excluding carboxylic acids is 2. The molecule has 0 radical (unpaired) electrons. The van der Waals surface area contributed by atoms with Crippen LogP contribution in [0.1, 0.15) is 17.2 Å². The van der Waals surface area contributed by atoms with E-state index in [1.807, 2.05) is 0 Å². The van der Waals surface area contributed by atoms with E-state index in [-0.39, 0.29) is 30.3 Å². The lowest BCUT2D eigenvalue weighted by Crippen LogP contribution is -2.38. The number of hydrogen-bond acceptors (Lipinski definition) is 6. The molecule has 0 fully saturated rings. The summed E-state index contributed by atoms with van der Waals surface area (Å²) in [7, 11) is -3.95. The van der Waals surface area contributed by atoms with Gasteiger partial charge >= 0.3 is 0 Å². The van der Waals surface area contributed by atoms with Gasteiger partial charge in [0, 0.05) is 16.6 Å². The lowest BCUT2D eigenvalue weighted by molar-refractivity contribution is -0.121. The van der Waals surface area contributed by atoms with Crippen molar-refractivity contribution >= 4 is 49.0 Å². The van der Waals surface area contributed by atoms with E-state index < -0.39 is 26.9 Å². The zero-order chi connectivity index (χ0) is 23.9. The molecule has 0 aromatic heterocycles. The Morgan fingerprint density at radius 1 is 1.03 bits per heavy atom. The van der Waals surface area contributed by atoms with Crippen molar-refractivity contribution in [1.82, 2.24) is 0 Å². The largest absolute Gasteiger partial charge is 0.454 e. The molecule has 0 spiro atoms. The Kier molecular flexibility index (Phi) is 5.78. The van der Waals surface area contributed by atoms with Crippen LogP contribution in [0.4, 0.5) is 11.4 Å². The molecule has 34 heavy (non-hydrogen) atoms. The molecule has 2 aliphatic heterocycles. The minimum Gasteiger partial charge on any atom is -0.454 e. The highest BCUT2D eigenvalue weighted by molar-refractivity contribution is 9.10. The van der Waals surface area contributed by atoms with E-state index in [1.165, 1.54) is 11.0 Å². The molecule has 0 saturated heterocycles. The molecule has 2 heterocycles. The summed E-state index contributed by atoms with van der Waals surface area (Å²) in [5.41, 5.74) is 1.17. The highest BCUT2D eigenvalue weighted by Crippen LogP contribution is 2.43. The first-order valence-electron chi connectivity index (χ1n) is 10.4. The van der Waals surface area contributed by atoms with Gasteiger partial charge in [0.2, 0.25) is 18.6 Å². The lowest BCUT2D eigenvalue weighted by Gasteiger charge is -2.21. The monoisotopic (exact) mass is 542 g/mol. The number of nitrogens with zero attached hydrogens (tertiary/aromatic N) is 1. The third kappa shape index (κ3) is 4.14. The number of anilines is 2. The zero-order valence-corrected chi connectivity index (χ0v) is 20.1. The lowest BCUT2D eigenvalue weighted by atomic mass is 10.1. The first-order chi connectivity index (χ1) is 16.3. The molecule has 174 valence electrons. The van der Waals surface area contributed by atoms with Crippen LogP contribution in [0.25, 0.3) is 0 Å². The van der Waals surface area contributed by atoms with Crippen molar-refractivity contribution in [3.8, 4) is 11.5 Å². The van der Waals surface area contributed by atoms with E-state index in [0.29, 0.717) is 22.7 Å². The Hall–Kier alpha value is -3.37. The average molecular weight is 543 g/mol. The van der Waals surface area contributed by atoms with E-state index in [9.17, 15) is 18.0 Å². The second kappa shape index (κ2) is 8.77. The number of benzene rings is 3. The highest BCUT2D eigenvalue weighted by atomic mass is 79.9. The van der Waals surface area contributed by atoms with E-state index >= 15 is 0 Å². The molecule has 3 aromatic rings. The van der Waals surface area contributed by atoms with Crippen LogP contribution in [-0.2, 0) is 19.4 Å². The summed E-state index contributed by atoms with van der Waals surface area (Å²) in [6.45, 7) is -0.269. The second-order valence-corrected chi connectivity index (χ2v) is 10.9. The number of hydrogen-bond donors (Lipinski definition) is 1.